The van der Waals surface area contributed by atoms with Crippen molar-refractivity contribution in [1.29, 1.82) is 0 Å². The topological polar surface area (TPSA) is 0 Å². The van der Waals surface area contributed by atoms with E-state index in [0.717, 1.165) is 12.0 Å². The minimum absolute atomic E-state index is 0.0699. The summed E-state index contributed by atoms with van der Waals surface area (Å²) in [4.78, 5) is 0. The molecule has 0 N–H and O–H groups in total. The van der Waals surface area contributed by atoms with Gasteiger partial charge in [0.05, 0.1) is 0 Å². The third-order valence-corrected chi connectivity index (χ3v) is 2.52. The first-order valence-electron chi connectivity index (χ1n) is 5.18. The lowest BCUT2D eigenvalue weighted by atomic mass is 9.78. The Morgan fingerprint density at radius 3 is 2.29 bits per heavy atom. The molecule has 0 nitrogen and oxygen atoms in total. The van der Waals surface area contributed by atoms with E-state index < -0.39 is 0 Å². The van der Waals surface area contributed by atoms with Gasteiger partial charge in [-0.25, -0.2) is 4.39 Å². The quantitative estimate of drug-likeness (QED) is 0.678. The fourth-order valence-electron chi connectivity index (χ4n) is 2.14. The molecule has 0 aliphatic heterocycles. The summed E-state index contributed by atoms with van der Waals surface area (Å²) < 4.78 is 13.5. The molecule has 14 heavy (non-hydrogen) atoms. The number of rotatable bonds is 3. The molecule has 78 valence electrons. The maximum absolute atomic E-state index is 13.5. The Balaban J connectivity index is 2.97. The van der Waals surface area contributed by atoms with Gasteiger partial charge < -0.3 is 0 Å². The van der Waals surface area contributed by atoms with Crippen molar-refractivity contribution >= 4 is 0 Å². The fraction of sp³-hybridized carbons (Fsp3) is 0.538. The monoisotopic (exact) mass is 194 g/mol. The predicted molar refractivity (Wildman–Crippen MR) is 58.9 cm³/mol. The molecule has 0 spiro atoms. The van der Waals surface area contributed by atoms with Gasteiger partial charge in [0.15, 0.2) is 0 Å². The molecule has 0 fully saturated rings. The average Bonchev–Trinajstić information content (AvgIpc) is 2.02. The van der Waals surface area contributed by atoms with E-state index >= 15 is 0 Å². The van der Waals surface area contributed by atoms with Crippen molar-refractivity contribution in [2.75, 3.05) is 0 Å². The number of hydrogen-bond acceptors (Lipinski definition) is 0. The first-order valence-corrected chi connectivity index (χ1v) is 5.18. The highest BCUT2D eigenvalue weighted by Gasteiger charge is 2.24. The van der Waals surface area contributed by atoms with Crippen LogP contribution in [-0.2, 0) is 5.41 Å². The molecule has 1 rings (SSSR count). The molecule has 1 aromatic carbocycles. The van der Waals surface area contributed by atoms with E-state index in [1.165, 1.54) is 6.07 Å². The van der Waals surface area contributed by atoms with Crippen molar-refractivity contribution in [2.45, 2.75) is 39.5 Å². The highest BCUT2D eigenvalue weighted by Crippen LogP contribution is 2.31. The van der Waals surface area contributed by atoms with Crippen LogP contribution in [0, 0.1) is 11.7 Å². The predicted octanol–water partition coefficient (Wildman–Crippen LogP) is 4.15. The molecule has 0 aromatic heterocycles. The van der Waals surface area contributed by atoms with Crippen molar-refractivity contribution in [1.82, 2.24) is 0 Å². The second-order valence-corrected chi connectivity index (χ2v) is 4.96. The summed E-state index contributed by atoms with van der Waals surface area (Å²) in [6, 6.07) is 7.07. The van der Waals surface area contributed by atoms with Gasteiger partial charge in [0.25, 0.3) is 0 Å². The number of halogens is 1. The molecule has 0 radical (unpaired) electrons. The zero-order valence-electron chi connectivity index (χ0n) is 9.47. The molecule has 0 saturated carbocycles. The van der Waals surface area contributed by atoms with Crippen molar-refractivity contribution < 1.29 is 4.39 Å². The van der Waals surface area contributed by atoms with Gasteiger partial charge in [-0.3, -0.25) is 0 Å². The summed E-state index contributed by atoms with van der Waals surface area (Å²) >= 11 is 0. The van der Waals surface area contributed by atoms with E-state index in [1.54, 1.807) is 6.07 Å². The zero-order chi connectivity index (χ0) is 10.8. The smallest absolute Gasteiger partial charge is 0.126 e. The minimum Gasteiger partial charge on any atom is -0.207 e. The standard InChI is InChI=1S/C13H19F/c1-10(2)9-13(3,4)11-7-5-6-8-12(11)14/h5-8,10H,9H2,1-4H3. The van der Waals surface area contributed by atoms with Gasteiger partial charge in [-0.05, 0) is 29.4 Å². The molecule has 0 saturated heterocycles. The molecule has 1 heteroatoms. The largest absolute Gasteiger partial charge is 0.207 e. The Kier molecular flexibility index (Phi) is 3.30. The normalized spacial score (nSPS) is 12.1. The van der Waals surface area contributed by atoms with Crippen LogP contribution < -0.4 is 0 Å². The average molecular weight is 194 g/mol. The van der Waals surface area contributed by atoms with Crippen LogP contribution in [0.15, 0.2) is 24.3 Å². The molecule has 1 aromatic rings. The molecule has 0 atom stereocenters. The SMILES string of the molecule is CC(C)CC(C)(C)c1ccccc1F. The van der Waals surface area contributed by atoms with E-state index in [1.807, 2.05) is 12.1 Å². The Morgan fingerprint density at radius 2 is 1.79 bits per heavy atom. The molecule has 0 heterocycles. The number of benzene rings is 1. The molecule has 0 unspecified atom stereocenters. The Labute approximate surface area is 86.2 Å². The molecule has 0 aliphatic rings. The molecule has 0 amide bonds. The van der Waals surface area contributed by atoms with E-state index in [4.69, 9.17) is 0 Å². The van der Waals surface area contributed by atoms with E-state index in [-0.39, 0.29) is 11.2 Å². The Bertz CT molecular complexity index is 300. The maximum Gasteiger partial charge on any atom is 0.126 e. The van der Waals surface area contributed by atoms with Crippen LogP contribution in [0.25, 0.3) is 0 Å². The lowest BCUT2D eigenvalue weighted by molar-refractivity contribution is 0.385. The minimum atomic E-state index is -0.0850. The van der Waals surface area contributed by atoms with E-state index in [0.29, 0.717) is 5.92 Å². The Hall–Kier alpha value is -0.850. The lowest BCUT2D eigenvalue weighted by Gasteiger charge is -2.27. The van der Waals surface area contributed by atoms with Crippen LogP contribution in [-0.4, -0.2) is 0 Å². The van der Waals surface area contributed by atoms with Crippen LogP contribution in [0.1, 0.15) is 39.7 Å². The maximum atomic E-state index is 13.5. The third-order valence-electron chi connectivity index (χ3n) is 2.52. The van der Waals surface area contributed by atoms with Crippen LogP contribution in [0.3, 0.4) is 0 Å². The summed E-state index contributed by atoms with van der Waals surface area (Å²) in [6.45, 7) is 8.54. The summed E-state index contributed by atoms with van der Waals surface area (Å²) in [6.07, 6.45) is 1.01. The first kappa shape index (κ1) is 11.2. The first-order chi connectivity index (χ1) is 6.43. The summed E-state index contributed by atoms with van der Waals surface area (Å²) in [5.74, 6) is 0.503. The third kappa shape index (κ3) is 2.57. The van der Waals surface area contributed by atoms with Gasteiger partial charge in [0.1, 0.15) is 5.82 Å². The van der Waals surface area contributed by atoms with E-state index in [2.05, 4.69) is 27.7 Å². The fourth-order valence-corrected chi connectivity index (χ4v) is 2.14. The van der Waals surface area contributed by atoms with Crippen molar-refractivity contribution in [3.63, 3.8) is 0 Å². The second kappa shape index (κ2) is 4.12. The van der Waals surface area contributed by atoms with Gasteiger partial charge in [-0.15, -0.1) is 0 Å². The van der Waals surface area contributed by atoms with Crippen molar-refractivity contribution in [2.24, 2.45) is 5.92 Å². The molecular formula is C13H19F. The summed E-state index contributed by atoms with van der Waals surface area (Å²) in [7, 11) is 0. The van der Waals surface area contributed by atoms with Gasteiger partial charge in [0, 0.05) is 0 Å². The highest BCUT2D eigenvalue weighted by molar-refractivity contribution is 5.25. The van der Waals surface area contributed by atoms with Crippen LogP contribution in [0.5, 0.6) is 0 Å². The highest BCUT2D eigenvalue weighted by atomic mass is 19.1. The van der Waals surface area contributed by atoms with Crippen LogP contribution >= 0.6 is 0 Å². The zero-order valence-corrected chi connectivity index (χ0v) is 9.47. The van der Waals surface area contributed by atoms with Crippen molar-refractivity contribution in [3.05, 3.63) is 35.6 Å². The Morgan fingerprint density at radius 1 is 1.21 bits per heavy atom. The van der Waals surface area contributed by atoms with Gasteiger partial charge in [-0.2, -0.15) is 0 Å². The van der Waals surface area contributed by atoms with Crippen LogP contribution in [0.2, 0.25) is 0 Å². The van der Waals surface area contributed by atoms with Gasteiger partial charge >= 0.3 is 0 Å². The summed E-state index contributed by atoms with van der Waals surface area (Å²) in [5, 5.41) is 0. The molecular weight excluding hydrogens is 175 g/mol. The number of hydrogen-bond donors (Lipinski definition) is 0. The van der Waals surface area contributed by atoms with Crippen LogP contribution in [0.4, 0.5) is 4.39 Å². The second-order valence-electron chi connectivity index (χ2n) is 4.96. The molecule has 0 bridgehead atoms. The summed E-state index contributed by atoms with van der Waals surface area (Å²) in [5.41, 5.74) is 0.758. The van der Waals surface area contributed by atoms with Gasteiger partial charge in [-0.1, -0.05) is 45.9 Å². The molecule has 0 aliphatic carbocycles. The van der Waals surface area contributed by atoms with E-state index in [9.17, 15) is 4.39 Å². The lowest BCUT2D eigenvalue weighted by Crippen LogP contribution is -2.21. The van der Waals surface area contributed by atoms with Gasteiger partial charge in [0.2, 0.25) is 0 Å². The van der Waals surface area contributed by atoms with Crippen molar-refractivity contribution in [3.8, 4) is 0 Å².